The summed E-state index contributed by atoms with van der Waals surface area (Å²) in [5.41, 5.74) is 13.8. The molecule has 0 spiro atoms. The molecule has 1 fully saturated rings. The van der Waals surface area contributed by atoms with E-state index in [4.69, 9.17) is 14.4 Å². The molecule has 4 nitrogen and oxygen atoms in total. The molecule has 2 aliphatic carbocycles. The van der Waals surface area contributed by atoms with Crippen LogP contribution in [0.2, 0.25) is 0 Å². The Bertz CT molecular complexity index is 3940. The van der Waals surface area contributed by atoms with Crippen LogP contribution in [0.5, 0.6) is 0 Å². The molecular weight excluding hydrogens is 775 g/mol. The molecule has 4 aromatic heterocycles. The number of allylic oxidation sites excluding steroid dienone is 4. The van der Waals surface area contributed by atoms with Gasteiger partial charge in [0.15, 0.2) is 0 Å². The standard InChI is InChI=1S/C57H35N3OS/c1-4-19-49-47(14-1)54(38-23-22-34-29-39(34)30-38)59-57(58-49)60-50-27-25-37(41-16-9-18-46-42-12-2-5-20-51(42)61-56(41)46)31-48(50)45-17-8-15-40(55(45)60)36-11-7-10-33(28-36)35-24-26-44-43-13-3-6-21-52(43)62-53(44)32-35/h1-28,30-32,34,39H,29H2. The van der Waals surface area contributed by atoms with E-state index in [1.807, 2.05) is 17.4 Å². The van der Waals surface area contributed by atoms with Gasteiger partial charge in [-0.05, 0) is 88.5 Å². The number of aromatic nitrogens is 3. The van der Waals surface area contributed by atoms with E-state index in [0.29, 0.717) is 17.8 Å². The number of nitrogens with zero attached hydrogens (tertiary/aromatic N) is 3. The fourth-order valence-electron chi connectivity index (χ4n) is 10.1. The highest BCUT2D eigenvalue weighted by molar-refractivity contribution is 7.25. The average Bonchev–Trinajstić information content (AvgIpc) is 3.69. The van der Waals surface area contributed by atoms with E-state index in [1.54, 1.807) is 0 Å². The normalized spacial score (nSPS) is 16.0. The van der Waals surface area contributed by atoms with Crippen molar-refractivity contribution < 1.29 is 4.42 Å². The second-order valence-corrected chi connectivity index (χ2v) is 18.0. The molecule has 4 heterocycles. The Labute approximate surface area is 360 Å². The minimum atomic E-state index is 0.591. The summed E-state index contributed by atoms with van der Waals surface area (Å²) in [5, 5.41) is 8.21. The fourth-order valence-corrected chi connectivity index (χ4v) is 11.3. The van der Waals surface area contributed by atoms with Crippen LogP contribution in [0, 0.1) is 11.8 Å². The lowest BCUT2D eigenvalue weighted by atomic mass is 9.96. The Balaban J connectivity index is 1.01. The largest absolute Gasteiger partial charge is 0.455 e. The van der Waals surface area contributed by atoms with Crippen LogP contribution in [0.15, 0.2) is 193 Å². The maximum absolute atomic E-state index is 6.56. The first-order valence-electron chi connectivity index (χ1n) is 21.4. The van der Waals surface area contributed by atoms with Gasteiger partial charge in [0.1, 0.15) is 11.2 Å². The lowest BCUT2D eigenvalue weighted by Gasteiger charge is -2.15. The number of furan rings is 1. The van der Waals surface area contributed by atoms with Crippen molar-refractivity contribution in [1.29, 1.82) is 0 Å². The van der Waals surface area contributed by atoms with Crippen molar-refractivity contribution in [1.82, 2.24) is 14.5 Å². The van der Waals surface area contributed by atoms with Crippen LogP contribution in [0.3, 0.4) is 0 Å². The summed E-state index contributed by atoms with van der Waals surface area (Å²) in [6, 6.07) is 61.3. The minimum Gasteiger partial charge on any atom is -0.455 e. The molecule has 14 rings (SSSR count). The maximum Gasteiger partial charge on any atom is 0.235 e. The SMILES string of the molecule is C1=CC2CC2C=C1c1nc(-n2c3ccc(-c4cccc5c4oc4ccccc45)cc3c3cccc(-c4cccc(-c5ccc6c(c5)sc5ccccc56)c4)c32)nc2ccccc12. The maximum atomic E-state index is 6.56. The van der Waals surface area contributed by atoms with Crippen LogP contribution >= 0.6 is 11.3 Å². The molecule has 1 saturated carbocycles. The third-order valence-corrected chi connectivity index (χ3v) is 14.4. The number of thiophene rings is 1. The van der Waals surface area contributed by atoms with E-state index >= 15 is 0 Å². The minimum absolute atomic E-state index is 0.591. The molecule has 0 N–H and O–H groups in total. The Morgan fingerprint density at radius 2 is 1.24 bits per heavy atom. The molecule has 62 heavy (non-hydrogen) atoms. The number of rotatable bonds is 5. The Hall–Kier alpha value is -7.60. The van der Waals surface area contributed by atoms with Crippen molar-refractivity contribution >= 4 is 91.7 Å². The van der Waals surface area contributed by atoms with Crippen molar-refractivity contribution in [3.8, 4) is 39.3 Å². The Kier molecular flexibility index (Phi) is 7.13. The van der Waals surface area contributed by atoms with Gasteiger partial charge in [-0.2, -0.15) is 0 Å². The molecular formula is C57H35N3OS. The molecule has 0 saturated heterocycles. The number of hydrogen-bond donors (Lipinski definition) is 0. The van der Waals surface area contributed by atoms with Gasteiger partial charge in [-0.3, -0.25) is 4.57 Å². The summed E-state index contributed by atoms with van der Waals surface area (Å²) in [6.45, 7) is 0. The second kappa shape index (κ2) is 13.0. The van der Waals surface area contributed by atoms with Crippen LogP contribution < -0.4 is 0 Å². The van der Waals surface area contributed by atoms with Crippen molar-refractivity contribution in [3.63, 3.8) is 0 Å². The molecule has 0 radical (unpaired) electrons. The smallest absolute Gasteiger partial charge is 0.235 e. The van der Waals surface area contributed by atoms with Crippen LogP contribution in [0.1, 0.15) is 12.1 Å². The summed E-state index contributed by atoms with van der Waals surface area (Å²) in [7, 11) is 0. The number of benzene rings is 8. The van der Waals surface area contributed by atoms with Gasteiger partial charge >= 0.3 is 0 Å². The predicted molar refractivity (Wildman–Crippen MR) is 259 cm³/mol. The van der Waals surface area contributed by atoms with E-state index in [2.05, 4.69) is 187 Å². The third-order valence-electron chi connectivity index (χ3n) is 13.3. The monoisotopic (exact) mass is 809 g/mol. The highest BCUT2D eigenvalue weighted by Crippen LogP contribution is 2.47. The molecule has 12 aromatic rings. The summed E-state index contributed by atoms with van der Waals surface area (Å²) in [4.78, 5) is 10.9. The zero-order valence-electron chi connectivity index (χ0n) is 33.4. The van der Waals surface area contributed by atoms with Gasteiger partial charge < -0.3 is 4.42 Å². The third kappa shape index (κ3) is 5.12. The van der Waals surface area contributed by atoms with Crippen LogP contribution in [0.25, 0.3) is 120 Å². The lowest BCUT2D eigenvalue weighted by molar-refractivity contribution is 0.670. The summed E-state index contributed by atoms with van der Waals surface area (Å²) in [5.74, 6) is 1.92. The van der Waals surface area contributed by atoms with Crippen molar-refractivity contribution in [2.45, 2.75) is 6.42 Å². The molecule has 0 bridgehead atoms. The molecule has 2 unspecified atom stereocenters. The molecule has 5 heteroatoms. The quantitative estimate of drug-likeness (QED) is 0.174. The first kappa shape index (κ1) is 34.1. The predicted octanol–water partition coefficient (Wildman–Crippen LogP) is 15.6. The van der Waals surface area contributed by atoms with Crippen LogP contribution in [-0.4, -0.2) is 14.5 Å². The van der Waals surface area contributed by atoms with E-state index in [-0.39, 0.29) is 0 Å². The highest BCUT2D eigenvalue weighted by atomic mass is 32.1. The number of fused-ring (bicyclic) bond motifs is 11. The van der Waals surface area contributed by atoms with E-state index in [0.717, 1.165) is 82.6 Å². The molecule has 2 atom stereocenters. The van der Waals surface area contributed by atoms with Gasteiger partial charge in [0, 0.05) is 58.2 Å². The fraction of sp³-hybridized carbons (Fsp3) is 0.0526. The van der Waals surface area contributed by atoms with Crippen molar-refractivity contribution in [2.24, 2.45) is 11.8 Å². The molecule has 8 aromatic carbocycles. The average molecular weight is 810 g/mol. The van der Waals surface area contributed by atoms with Crippen molar-refractivity contribution in [2.75, 3.05) is 0 Å². The summed E-state index contributed by atoms with van der Waals surface area (Å²) >= 11 is 1.86. The summed E-state index contributed by atoms with van der Waals surface area (Å²) in [6.07, 6.45) is 8.28. The molecule has 2 aliphatic rings. The topological polar surface area (TPSA) is 43.9 Å². The highest BCUT2D eigenvalue weighted by Gasteiger charge is 2.35. The summed E-state index contributed by atoms with van der Waals surface area (Å²) < 4.78 is 11.5. The first-order valence-corrected chi connectivity index (χ1v) is 22.2. The van der Waals surface area contributed by atoms with Crippen molar-refractivity contribution in [3.05, 3.63) is 194 Å². The van der Waals surface area contributed by atoms with Gasteiger partial charge in [-0.1, -0.05) is 146 Å². The molecule has 0 amide bonds. The van der Waals surface area contributed by atoms with Gasteiger partial charge in [-0.15, -0.1) is 11.3 Å². The van der Waals surface area contributed by atoms with Gasteiger partial charge in [0.2, 0.25) is 5.95 Å². The second-order valence-electron chi connectivity index (χ2n) is 16.9. The lowest BCUT2D eigenvalue weighted by Crippen LogP contribution is -2.06. The van der Waals surface area contributed by atoms with Crippen LogP contribution in [0.4, 0.5) is 0 Å². The van der Waals surface area contributed by atoms with Gasteiger partial charge in [0.25, 0.3) is 0 Å². The van der Waals surface area contributed by atoms with Gasteiger partial charge in [-0.25, -0.2) is 9.97 Å². The van der Waals surface area contributed by atoms with E-state index in [9.17, 15) is 0 Å². The van der Waals surface area contributed by atoms with Gasteiger partial charge in [0.05, 0.1) is 22.2 Å². The zero-order chi connectivity index (χ0) is 40.5. The Morgan fingerprint density at radius 3 is 2.18 bits per heavy atom. The first-order chi connectivity index (χ1) is 30.7. The van der Waals surface area contributed by atoms with E-state index in [1.165, 1.54) is 43.3 Å². The molecule has 0 aliphatic heterocycles. The van der Waals surface area contributed by atoms with E-state index < -0.39 is 0 Å². The Morgan fingerprint density at radius 1 is 0.516 bits per heavy atom. The number of hydrogen-bond acceptors (Lipinski definition) is 4. The number of para-hydroxylation sites is 4. The van der Waals surface area contributed by atoms with Crippen LogP contribution in [-0.2, 0) is 0 Å². The molecule has 290 valence electrons. The zero-order valence-corrected chi connectivity index (χ0v) is 34.2.